The number of hydrogen-bond acceptors (Lipinski definition) is 2. The van der Waals surface area contributed by atoms with Crippen LogP contribution in [0.15, 0.2) is 36.4 Å². The minimum Gasteiger partial charge on any atom is -0.497 e. The summed E-state index contributed by atoms with van der Waals surface area (Å²) in [5, 5.41) is 0. The van der Waals surface area contributed by atoms with Crippen LogP contribution in [0.4, 0.5) is 4.39 Å². The van der Waals surface area contributed by atoms with Gasteiger partial charge >= 0.3 is 0 Å². The van der Waals surface area contributed by atoms with Crippen molar-refractivity contribution in [2.24, 2.45) is 0 Å². The number of methoxy groups -OCH3 is 1. The lowest BCUT2D eigenvalue weighted by molar-refractivity contribution is 0.415. The van der Waals surface area contributed by atoms with Crippen molar-refractivity contribution >= 4 is 23.3 Å². The van der Waals surface area contributed by atoms with Crippen molar-refractivity contribution < 1.29 is 9.13 Å². The van der Waals surface area contributed by atoms with Crippen LogP contribution in [-0.4, -0.2) is 16.7 Å². The summed E-state index contributed by atoms with van der Waals surface area (Å²) in [5.74, 6) is 0.504. The fourth-order valence-electron chi connectivity index (χ4n) is 2.30. The lowest BCUT2D eigenvalue weighted by Gasteiger charge is -2.09. The first-order valence-corrected chi connectivity index (χ1v) is 6.57. The Morgan fingerprint density at radius 3 is 2.80 bits per heavy atom. The second-order valence-corrected chi connectivity index (χ2v) is 4.92. The SMILES string of the molecule is COc1ccc2c(c1)[nH]c(=S)n2-c1cccc(F)c1C. The minimum absolute atomic E-state index is 0.243. The molecule has 0 atom stereocenters. The van der Waals surface area contributed by atoms with Crippen LogP contribution < -0.4 is 4.74 Å². The Morgan fingerprint density at radius 1 is 1.25 bits per heavy atom. The molecule has 2 aromatic carbocycles. The van der Waals surface area contributed by atoms with E-state index in [1.807, 2.05) is 28.8 Å². The third-order valence-electron chi connectivity index (χ3n) is 3.37. The molecule has 5 heteroatoms. The first kappa shape index (κ1) is 12.9. The number of benzene rings is 2. The lowest BCUT2D eigenvalue weighted by Crippen LogP contribution is -1.99. The largest absolute Gasteiger partial charge is 0.497 e. The summed E-state index contributed by atoms with van der Waals surface area (Å²) >= 11 is 5.36. The highest BCUT2D eigenvalue weighted by Gasteiger charge is 2.11. The Balaban J connectivity index is 2.34. The molecule has 0 aliphatic carbocycles. The summed E-state index contributed by atoms with van der Waals surface area (Å²) in [6, 6.07) is 10.6. The van der Waals surface area contributed by atoms with Gasteiger partial charge < -0.3 is 9.72 Å². The van der Waals surface area contributed by atoms with E-state index in [1.54, 1.807) is 20.1 Å². The number of nitrogens with one attached hydrogen (secondary N) is 1. The number of nitrogens with zero attached hydrogens (tertiary/aromatic N) is 1. The minimum atomic E-state index is -0.243. The van der Waals surface area contributed by atoms with E-state index in [9.17, 15) is 4.39 Å². The molecule has 1 heterocycles. The smallest absolute Gasteiger partial charge is 0.182 e. The van der Waals surface area contributed by atoms with Crippen molar-refractivity contribution in [2.75, 3.05) is 7.11 Å². The molecule has 0 fully saturated rings. The van der Waals surface area contributed by atoms with Crippen LogP contribution in [0.5, 0.6) is 5.75 Å². The Hall–Kier alpha value is -2.14. The van der Waals surface area contributed by atoms with Gasteiger partial charge in [0.1, 0.15) is 11.6 Å². The summed E-state index contributed by atoms with van der Waals surface area (Å²) < 4.78 is 21.3. The summed E-state index contributed by atoms with van der Waals surface area (Å²) in [4.78, 5) is 3.12. The van der Waals surface area contributed by atoms with Gasteiger partial charge in [0.25, 0.3) is 0 Å². The van der Waals surface area contributed by atoms with Gasteiger partial charge in [-0.25, -0.2) is 4.39 Å². The quantitative estimate of drug-likeness (QED) is 0.718. The van der Waals surface area contributed by atoms with E-state index in [4.69, 9.17) is 17.0 Å². The predicted molar refractivity (Wildman–Crippen MR) is 79.7 cm³/mol. The number of aromatic amines is 1. The van der Waals surface area contributed by atoms with E-state index < -0.39 is 0 Å². The van der Waals surface area contributed by atoms with Gasteiger partial charge in [0.2, 0.25) is 0 Å². The molecule has 20 heavy (non-hydrogen) atoms. The zero-order valence-electron chi connectivity index (χ0n) is 11.1. The van der Waals surface area contributed by atoms with Crippen LogP contribution in [0.25, 0.3) is 16.7 Å². The van der Waals surface area contributed by atoms with Crippen molar-refractivity contribution in [3.63, 3.8) is 0 Å². The molecule has 0 radical (unpaired) electrons. The Bertz CT molecular complexity index is 851. The third kappa shape index (κ3) is 1.91. The molecule has 0 amide bonds. The molecular weight excluding hydrogens is 275 g/mol. The zero-order chi connectivity index (χ0) is 14.3. The van der Waals surface area contributed by atoms with Crippen molar-refractivity contribution in [3.05, 3.63) is 52.5 Å². The maximum Gasteiger partial charge on any atom is 0.182 e. The monoisotopic (exact) mass is 288 g/mol. The van der Waals surface area contributed by atoms with Crippen LogP contribution in [0.2, 0.25) is 0 Å². The highest BCUT2D eigenvalue weighted by atomic mass is 32.1. The summed E-state index contributed by atoms with van der Waals surface area (Å²) in [6.07, 6.45) is 0. The Labute approximate surface area is 120 Å². The molecule has 1 N–H and O–H groups in total. The number of aromatic nitrogens is 2. The van der Waals surface area contributed by atoms with Gasteiger partial charge in [-0.1, -0.05) is 6.07 Å². The van der Waals surface area contributed by atoms with Crippen LogP contribution >= 0.6 is 12.2 Å². The Kier molecular flexibility index (Phi) is 3.06. The molecule has 0 aliphatic heterocycles. The predicted octanol–water partition coefficient (Wildman–Crippen LogP) is 4.14. The van der Waals surface area contributed by atoms with Crippen molar-refractivity contribution in [3.8, 4) is 11.4 Å². The normalized spacial score (nSPS) is 10.9. The average Bonchev–Trinajstić information content (AvgIpc) is 2.77. The van der Waals surface area contributed by atoms with E-state index in [0.29, 0.717) is 10.3 Å². The van der Waals surface area contributed by atoms with Gasteiger partial charge in [0.05, 0.1) is 23.8 Å². The molecule has 1 aromatic heterocycles. The summed E-state index contributed by atoms with van der Waals surface area (Å²) in [6.45, 7) is 1.74. The molecule has 0 unspecified atom stereocenters. The first-order chi connectivity index (χ1) is 9.61. The molecule has 3 rings (SSSR count). The second kappa shape index (κ2) is 4.76. The van der Waals surface area contributed by atoms with E-state index in [2.05, 4.69) is 4.98 Å². The fourth-order valence-corrected chi connectivity index (χ4v) is 2.60. The van der Waals surface area contributed by atoms with Crippen LogP contribution in [0.1, 0.15) is 5.56 Å². The van der Waals surface area contributed by atoms with Crippen LogP contribution in [0.3, 0.4) is 0 Å². The number of H-pyrrole nitrogens is 1. The Morgan fingerprint density at radius 2 is 2.05 bits per heavy atom. The van der Waals surface area contributed by atoms with E-state index in [-0.39, 0.29) is 5.82 Å². The highest BCUT2D eigenvalue weighted by molar-refractivity contribution is 7.71. The molecule has 0 bridgehead atoms. The van der Waals surface area contributed by atoms with Gasteiger partial charge in [0, 0.05) is 11.6 Å². The van der Waals surface area contributed by atoms with Crippen LogP contribution in [0, 0.1) is 17.5 Å². The molecular formula is C15H13FN2OS. The van der Waals surface area contributed by atoms with E-state index >= 15 is 0 Å². The highest BCUT2D eigenvalue weighted by Crippen LogP contribution is 2.26. The number of hydrogen-bond donors (Lipinski definition) is 1. The summed E-state index contributed by atoms with van der Waals surface area (Å²) in [7, 11) is 1.61. The molecule has 3 aromatic rings. The number of imidazole rings is 1. The lowest BCUT2D eigenvalue weighted by atomic mass is 10.2. The average molecular weight is 288 g/mol. The molecule has 102 valence electrons. The van der Waals surface area contributed by atoms with Gasteiger partial charge in [-0.2, -0.15) is 0 Å². The summed E-state index contributed by atoms with van der Waals surface area (Å²) in [5.41, 5.74) is 3.06. The first-order valence-electron chi connectivity index (χ1n) is 6.16. The zero-order valence-corrected chi connectivity index (χ0v) is 11.9. The standard InChI is InChI=1S/C15H13FN2OS/c1-9-11(16)4-3-5-13(9)18-14-7-6-10(19-2)8-12(14)17-15(18)20/h3-8H,1-2H3,(H,17,20). The molecule has 0 saturated carbocycles. The van der Waals surface area contributed by atoms with E-state index in [0.717, 1.165) is 22.5 Å². The number of fused-ring (bicyclic) bond motifs is 1. The van der Waals surface area contributed by atoms with Crippen molar-refractivity contribution in [1.82, 2.24) is 9.55 Å². The molecule has 0 aliphatic rings. The third-order valence-corrected chi connectivity index (χ3v) is 3.65. The van der Waals surface area contributed by atoms with E-state index in [1.165, 1.54) is 6.07 Å². The maximum atomic E-state index is 13.7. The number of ether oxygens (including phenoxy) is 1. The topological polar surface area (TPSA) is 29.9 Å². The number of halogens is 1. The van der Waals surface area contributed by atoms with Gasteiger partial charge in [0.15, 0.2) is 4.77 Å². The molecule has 0 saturated heterocycles. The maximum absolute atomic E-state index is 13.7. The molecule has 3 nitrogen and oxygen atoms in total. The van der Waals surface area contributed by atoms with Crippen LogP contribution in [-0.2, 0) is 0 Å². The van der Waals surface area contributed by atoms with Gasteiger partial charge in [-0.05, 0) is 43.4 Å². The van der Waals surface area contributed by atoms with Gasteiger partial charge in [-0.3, -0.25) is 4.57 Å². The fraction of sp³-hybridized carbons (Fsp3) is 0.133. The second-order valence-electron chi connectivity index (χ2n) is 4.53. The number of rotatable bonds is 2. The van der Waals surface area contributed by atoms with Crippen molar-refractivity contribution in [2.45, 2.75) is 6.92 Å². The molecule has 0 spiro atoms. The van der Waals surface area contributed by atoms with Gasteiger partial charge in [-0.15, -0.1) is 0 Å². The van der Waals surface area contributed by atoms with Crippen molar-refractivity contribution in [1.29, 1.82) is 0 Å².